The molecule has 1 aromatic heterocycles. The monoisotopic (exact) mass is 391 g/mol. The average molecular weight is 393 g/mol. The Bertz CT molecular complexity index is 417. The van der Waals surface area contributed by atoms with Gasteiger partial charge in [-0.3, -0.25) is 9.58 Å². The molecule has 2 rings (SSSR count). The minimum atomic E-state index is 0.755. The number of hydrogen-bond donors (Lipinski definition) is 0. The topological polar surface area (TPSA) is 21.1 Å². The summed E-state index contributed by atoms with van der Waals surface area (Å²) < 4.78 is 3.33. The Labute approximate surface area is 133 Å². The Morgan fingerprint density at radius 3 is 2.89 bits per heavy atom. The van der Waals surface area contributed by atoms with Crippen LogP contribution in [-0.4, -0.2) is 32.6 Å². The lowest BCUT2D eigenvalue weighted by Crippen LogP contribution is -2.30. The summed E-state index contributed by atoms with van der Waals surface area (Å²) in [6.45, 7) is 7.44. The molecule has 0 N–H and O–H groups in total. The third-order valence-electron chi connectivity index (χ3n) is 3.98. The molecule has 3 nitrogen and oxygen atoms in total. The van der Waals surface area contributed by atoms with Gasteiger partial charge in [0, 0.05) is 24.5 Å². The first kappa shape index (κ1) is 15.5. The SMILES string of the molecule is CCn1nc(C)c(Br)c1CN1CCCC1CCCBr. The fourth-order valence-electron chi connectivity index (χ4n) is 2.96. The molecule has 1 aromatic rings. The van der Waals surface area contributed by atoms with Gasteiger partial charge in [0.2, 0.25) is 0 Å². The second-order valence-electron chi connectivity index (χ2n) is 5.26. The minimum Gasteiger partial charge on any atom is -0.295 e. The smallest absolute Gasteiger partial charge is 0.0739 e. The zero-order chi connectivity index (χ0) is 13.8. The van der Waals surface area contributed by atoms with E-state index in [1.54, 1.807) is 0 Å². The van der Waals surface area contributed by atoms with E-state index in [2.05, 4.69) is 60.4 Å². The van der Waals surface area contributed by atoms with E-state index in [9.17, 15) is 0 Å². The zero-order valence-electron chi connectivity index (χ0n) is 11.8. The normalized spacial score (nSPS) is 20.3. The molecule has 0 spiro atoms. The third kappa shape index (κ3) is 3.61. The van der Waals surface area contributed by atoms with Crippen LogP contribution < -0.4 is 0 Å². The van der Waals surface area contributed by atoms with Crippen LogP contribution >= 0.6 is 31.9 Å². The summed E-state index contributed by atoms with van der Waals surface area (Å²) in [4.78, 5) is 2.63. The maximum absolute atomic E-state index is 4.59. The lowest BCUT2D eigenvalue weighted by molar-refractivity contribution is 0.227. The first-order chi connectivity index (χ1) is 9.17. The van der Waals surface area contributed by atoms with Gasteiger partial charge in [-0.05, 0) is 62.0 Å². The largest absolute Gasteiger partial charge is 0.295 e. The van der Waals surface area contributed by atoms with Gasteiger partial charge in [-0.25, -0.2) is 0 Å². The van der Waals surface area contributed by atoms with Gasteiger partial charge in [0.1, 0.15) is 0 Å². The summed E-state index contributed by atoms with van der Waals surface area (Å²) >= 11 is 7.25. The van der Waals surface area contributed by atoms with Crippen LogP contribution in [0, 0.1) is 6.92 Å². The van der Waals surface area contributed by atoms with Crippen LogP contribution in [0.5, 0.6) is 0 Å². The van der Waals surface area contributed by atoms with E-state index in [1.165, 1.54) is 42.4 Å². The highest BCUT2D eigenvalue weighted by atomic mass is 79.9. The number of hydrogen-bond acceptors (Lipinski definition) is 2. The number of nitrogens with zero attached hydrogens (tertiary/aromatic N) is 3. The van der Waals surface area contributed by atoms with E-state index in [1.807, 2.05) is 0 Å². The van der Waals surface area contributed by atoms with Crippen molar-refractivity contribution >= 4 is 31.9 Å². The quantitative estimate of drug-likeness (QED) is 0.679. The first-order valence-corrected chi connectivity index (χ1v) is 9.10. The Kier molecular flexibility index (Phi) is 5.90. The molecule has 1 saturated heterocycles. The summed E-state index contributed by atoms with van der Waals surface area (Å²) in [7, 11) is 0. The number of rotatable bonds is 6. The second-order valence-corrected chi connectivity index (χ2v) is 6.85. The van der Waals surface area contributed by atoms with Crippen LogP contribution in [0.3, 0.4) is 0 Å². The van der Waals surface area contributed by atoms with Crippen molar-refractivity contribution in [2.24, 2.45) is 0 Å². The van der Waals surface area contributed by atoms with Gasteiger partial charge in [-0.1, -0.05) is 15.9 Å². The van der Waals surface area contributed by atoms with Crippen LogP contribution in [0.15, 0.2) is 4.47 Å². The molecule has 1 aliphatic heterocycles. The zero-order valence-corrected chi connectivity index (χ0v) is 15.0. The van der Waals surface area contributed by atoms with Crippen molar-refractivity contribution in [2.45, 2.75) is 58.7 Å². The minimum absolute atomic E-state index is 0.755. The van der Waals surface area contributed by atoms with Gasteiger partial charge < -0.3 is 0 Å². The van der Waals surface area contributed by atoms with Gasteiger partial charge in [0.25, 0.3) is 0 Å². The van der Waals surface area contributed by atoms with E-state index in [0.29, 0.717) is 0 Å². The number of likely N-dealkylation sites (tertiary alicyclic amines) is 1. The van der Waals surface area contributed by atoms with E-state index in [-0.39, 0.29) is 0 Å². The summed E-state index contributed by atoms with van der Waals surface area (Å²) in [5.41, 5.74) is 2.44. The highest BCUT2D eigenvalue weighted by Gasteiger charge is 2.26. The van der Waals surface area contributed by atoms with Crippen LogP contribution in [0.4, 0.5) is 0 Å². The van der Waals surface area contributed by atoms with Crippen LogP contribution in [0.1, 0.15) is 44.0 Å². The molecule has 0 radical (unpaired) electrons. The van der Waals surface area contributed by atoms with Crippen molar-refractivity contribution < 1.29 is 0 Å². The molecule has 0 saturated carbocycles. The second kappa shape index (κ2) is 7.23. The lowest BCUT2D eigenvalue weighted by atomic mass is 10.1. The molecule has 0 bridgehead atoms. The molecule has 2 heterocycles. The molecule has 1 aliphatic rings. The maximum Gasteiger partial charge on any atom is 0.0739 e. The highest BCUT2D eigenvalue weighted by Crippen LogP contribution is 2.28. The molecule has 5 heteroatoms. The van der Waals surface area contributed by atoms with Crippen molar-refractivity contribution in [1.82, 2.24) is 14.7 Å². The molecule has 0 aromatic carbocycles. The lowest BCUT2D eigenvalue weighted by Gasteiger charge is -2.24. The molecule has 0 aliphatic carbocycles. The van der Waals surface area contributed by atoms with Crippen LogP contribution in [0.25, 0.3) is 0 Å². The first-order valence-electron chi connectivity index (χ1n) is 7.19. The van der Waals surface area contributed by atoms with Crippen molar-refractivity contribution in [3.63, 3.8) is 0 Å². The number of alkyl halides is 1. The molecule has 19 heavy (non-hydrogen) atoms. The third-order valence-corrected chi connectivity index (χ3v) is 5.57. The van der Waals surface area contributed by atoms with E-state index >= 15 is 0 Å². The Morgan fingerprint density at radius 2 is 2.21 bits per heavy atom. The van der Waals surface area contributed by atoms with Gasteiger partial charge in [0.15, 0.2) is 0 Å². The highest BCUT2D eigenvalue weighted by molar-refractivity contribution is 9.10. The van der Waals surface area contributed by atoms with E-state index in [0.717, 1.165) is 30.2 Å². The predicted octanol–water partition coefficient (Wildman–Crippen LogP) is 4.11. The predicted molar refractivity (Wildman–Crippen MR) is 86.8 cm³/mol. The Hall–Kier alpha value is 0.130. The van der Waals surface area contributed by atoms with Gasteiger partial charge in [-0.2, -0.15) is 5.10 Å². The van der Waals surface area contributed by atoms with Crippen molar-refractivity contribution in [1.29, 1.82) is 0 Å². The number of halogens is 2. The molecule has 1 fully saturated rings. The standard InChI is InChI=1S/C14H23Br2N3/c1-3-19-13(14(16)11(2)17-19)10-18-9-5-7-12(18)6-4-8-15/h12H,3-10H2,1-2H3. The molecular formula is C14H23Br2N3. The molecule has 1 unspecified atom stereocenters. The van der Waals surface area contributed by atoms with E-state index in [4.69, 9.17) is 0 Å². The number of aromatic nitrogens is 2. The van der Waals surface area contributed by atoms with Crippen molar-refractivity contribution in [3.05, 3.63) is 15.9 Å². The van der Waals surface area contributed by atoms with Crippen molar-refractivity contribution in [2.75, 3.05) is 11.9 Å². The summed E-state index contributed by atoms with van der Waals surface area (Å²) in [6, 6.07) is 0.755. The van der Waals surface area contributed by atoms with Gasteiger partial charge in [0.05, 0.1) is 15.9 Å². The Morgan fingerprint density at radius 1 is 1.42 bits per heavy atom. The van der Waals surface area contributed by atoms with E-state index < -0.39 is 0 Å². The number of aryl methyl sites for hydroxylation is 2. The average Bonchev–Trinajstić information content (AvgIpc) is 2.96. The van der Waals surface area contributed by atoms with Crippen molar-refractivity contribution in [3.8, 4) is 0 Å². The fraction of sp³-hybridized carbons (Fsp3) is 0.786. The van der Waals surface area contributed by atoms with Crippen LogP contribution in [-0.2, 0) is 13.1 Å². The fourth-order valence-corrected chi connectivity index (χ4v) is 3.69. The van der Waals surface area contributed by atoms with Gasteiger partial charge >= 0.3 is 0 Å². The summed E-state index contributed by atoms with van der Waals surface area (Å²) in [5.74, 6) is 0. The maximum atomic E-state index is 4.59. The molecule has 0 amide bonds. The van der Waals surface area contributed by atoms with Crippen LogP contribution in [0.2, 0.25) is 0 Å². The molecular weight excluding hydrogens is 370 g/mol. The molecule has 1 atom stereocenters. The summed E-state index contributed by atoms with van der Waals surface area (Å²) in [6.07, 6.45) is 5.27. The Balaban J connectivity index is 2.07. The van der Waals surface area contributed by atoms with Gasteiger partial charge in [-0.15, -0.1) is 0 Å². The summed E-state index contributed by atoms with van der Waals surface area (Å²) in [5, 5.41) is 5.71. The molecule has 108 valence electrons.